The van der Waals surface area contributed by atoms with Gasteiger partial charge in [0.05, 0.1) is 34.4 Å². The van der Waals surface area contributed by atoms with E-state index in [1.54, 1.807) is 0 Å². The lowest BCUT2D eigenvalue weighted by Gasteiger charge is -2.31. The topological polar surface area (TPSA) is 99.1 Å². The van der Waals surface area contributed by atoms with Crippen molar-refractivity contribution in [1.29, 1.82) is 0 Å². The summed E-state index contributed by atoms with van der Waals surface area (Å²) in [5, 5.41) is 9.53. The molecule has 0 aromatic heterocycles. The van der Waals surface area contributed by atoms with E-state index >= 15 is 0 Å². The molecule has 2 unspecified atom stereocenters. The van der Waals surface area contributed by atoms with Crippen LogP contribution in [0.3, 0.4) is 0 Å². The van der Waals surface area contributed by atoms with Crippen LogP contribution in [0.25, 0.3) is 0 Å². The lowest BCUT2D eigenvalue weighted by molar-refractivity contribution is -0.887. The summed E-state index contributed by atoms with van der Waals surface area (Å²) < 4.78 is 17.0. The Morgan fingerprint density at radius 1 is 0.705 bits per heavy atom. The van der Waals surface area contributed by atoms with Gasteiger partial charge >= 0.3 is 17.9 Å². The maximum Gasteiger partial charge on any atom is 0.362 e. The van der Waals surface area contributed by atoms with Crippen LogP contribution in [0.15, 0.2) is 60.8 Å². The van der Waals surface area contributed by atoms with Crippen LogP contribution in [0.4, 0.5) is 0 Å². The molecule has 0 saturated carbocycles. The predicted molar refractivity (Wildman–Crippen MR) is 178 cm³/mol. The molecule has 0 aromatic carbocycles. The largest absolute Gasteiger partial charge is 0.477 e. The average Bonchev–Trinajstić information content (AvgIpc) is 2.96. The second-order valence-electron chi connectivity index (χ2n) is 11.8. The van der Waals surface area contributed by atoms with Crippen molar-refractivity contribution in [2.24, 2.45) is 0 Å². The number of carboxylic acids is 1. The summed E-state index contributed by atoms with van der Waals surface area (Å²) >= 11 is 0. The van der Waals surface area contributed by atoms with Crippen molar-refractivity contribution >= 4 is 17.9 Å². The highest BCUT2D eigenvalue weighted by Crippen LogP contribution is 2.11. The first-order valence-electron chi connectivity index (χ1n) is 16.4. The molecule has 0 fully saturated rings. The van der Waals surface area contributed by atoms with Crippen molar-refractivity contribution in [1.82, 2.24) is 0 Å². The summed E-state index contributed by atoms with van der Waals surface area (Å²) in [6, 6.07) is -0.625. The molecule has 0 radical (unpaired) electrons. The molecule has 44 heavy (non-hydrogen) atoms. The molecular weight excluding hydrogens is 558 g/mol. The van der Waals surface area contributed by atoms with E-state index in [9.17, 15) is 19.5 Å². The average molecular weight is 619 g/mol. The summed E-state index contributed by atoms with van der Waals surface area (Å²) in [6.07, 6.45) is 30.1. The van der Waals surface area contributed by atoms with Crippen LogP contribution in [0.2, 0.25) is 0 Å². The van der Waals surface area contributed by atoms with Crippen molar-refractivity contribution < 1.29 is 38.2 Å². The Labute approximate surface area is 267 Å². The normalized spacial score (nSPS) is 13.9. The van der Waals surface area contributed by atoms with Crippen molar-refractivity contribution in [3.05, 3.63) is 60.8 Å². The Kier molecular flexibility index (Phi) is 25.7. The first-order valence-corrected chi connectivity index (χ1v) is 16.4. The van der Waals surface area contributed by atoms with Gasteiger partial charge in [0, 0.05) is 19.3 Å². The molecule has 0 spiro atoms. The monoisotopic (exact) mass is 618 g/mol. The van der Waals surface area contributed by atoms with E-state index in [4.69, 9.17) is 14.2 Å². The van der Waals surface area contributed by atoms with Crippen molar-refractivity contribution in [3.63, 3.8) is 0 Å². The second kappa shape index (κ2) is 27.6. The number of carboxylic acid groups (broad SMARTS) is 1. The third kappa shape index (κ3) is 25.5. The van der Waals surface area contributed by atoms with E-state index in [-0.39, 0.29) is 49.1 Å². The Bertz CT molecular complexity index is 912. The zero-order chi connectivity index (χ0) is 32.9. The molecule has 250 valence electrons. The Morgan fingerprint density at radius 2 is 1.34 bits per heavy atom. The number of aliphatic carboxylic acids is 1. The second-order valence-corrected chi connectivity index (χ2v) is 11.8. The minimum Gasteiger partial charge on any atom is -0.477 e. The van der Waals surface area contributed by atoms with Crippen molar-refractivity contribution in [3.8, 4) is 0 Å². The summed E-state index contributed by atoms with van der Waals surface area (Å²) in [6.45, 7) is 4.39. The number of hydrogen-bond donors (Lipinski definition) is 1. The standard InChI is InChI=1S/C36H59NO7/c1-6-8-10-12-14-15-16-17-18-19-21-23-25-27-35(39)44-32(30-42-29-28-33(36(40)41)37(3,4)5)31-43-34(38)26-24-22-20-13-11-9-7-2/h8,10,12,14-18,20,22,32-33H,6-7,9,11,13,19,21,23-31H2,1-5H3/p+1/b10-8+,14-12+,16-15+,18-17+,22-20+. The number of rotatable bonds is 27. The number of likely N-dealkylation sites (N-methyl/N-ethyl adjacent to an activating group) is 1. The van der Waals surface area contributed by atoms with Crippen LogP contribution >= 0.6 is 0 Å². The molecule has 2 atom stereocenters. The Morgan fingerprint density at radius 3 is 2.00 bits per heavy atom. The van der Waals surface area contributed by atoms with Crippen molar-refractivity contribution in [2.45, 2.75) is 109 Å². The molecule has 0 heterocycles. The quantitative estimate of drug-likeness (QED) is 0.0334. The molecule has 0 aromatic rings. The van der Waals surface area contributed by atoms with Gasteiger partial charge in [0.2, 0.25) is 0 Å². The van der Waals surface area contributed by atoms with Gasteiger partial charge in [-0.2, -0.15) is 0 Å². The maximum absolute atomic E-state index is 12.5. The molecule has 0 aliphatic rings. The number of ether oxygens (including phenoxy) is 3. The highest BCUT2D eigenvalue weighted by atomic mass is 16.6. The lowest BCUT2D eigenvalue weighted by Crippen LogP contribution is -2.50. The minimum absolute atomic E-state index is 0.0300. The summed E-state index contributed by atoms with van der Waals surface area (Å²) in [7, 11) is 5.47. The van der Waals surface area contributed by atoms with E-state index in [1.807, 2.05) is 63.7 Å². The molecule has 8 nitrogen and oxygen atoms in total. The van der Waals surface area contributed by atoms with Gasteiger partial charge in [-0.15, -0.1) is 0 Å². The van der Waals surface area contributed by atoms with E-state index in [0.29, 0.717) is 19.3 Å². The fraction of sp³-hybridized carbons (Fsp3) is 0.639. The fourth-order valence-corrected chi connectivity index (χ4v) is 4.17. The highest BCUT2D eigenvalue weighted by Gasteiger charge is 2.31. The molecule has 0 amide bonds. The number of quaternary nitrogens is 1. The molecule has 0 saturated heterocycles. The number of hydrogen-bond acceptors (Lipinski definition) is 6. The molecule has 8 heteroatoms. The van der Waals surface area contributed by atoms with Crippen LogP contribution in [-0.2, 0) is 28.6 Å². The number of carbonyl (C=O) groups excluding carboxylic acids is 2. The van der Waals surface area contributed by atoms with Crippen molar-refractivity contribution in [2.75, 3.05) is 41.0 Å². The van der Waals surface area contributed by atoms with Crippen LogP contribution in [0.5, 0.6) is 0 Å². The first-order chi connectivity index (χ1) is 21.1. The van der Waals surface area contributed by atoms with E-state index in [0.717, 1.165) is 38.5 Å². The SMILES string of the molecule is CC/C=C/C=C/C=C/C=C/CCCCCC(=O)OC(COCCC(C(=O)O)[N+](C)(C)C)COC(=O)CC/C=C/CCCCC. The van der Waals surface area contributed by atoms with Gasteiger partial charge in [-0.05, 0) is 44.9 Å². The Hall–Kier alpha value is -2.97. The van der Waals surface area contributed by atoms with Gasteiger partial charge < -0.3 is 23.8 Å². The molecule has 0 aliphatic carbocycles. The minimum atomic E-state index is -0.892. The molecule has 0 rings (SSSR count). The highest BCUT2D eigenvalue weighted by molar-refractivity contribution is 5.72. The number of nitrogens with zero attached hydrogens (tertiary/aromatic N) is 1. The zero-order valence-electron chi connectivity index (χ0n) is 28.1. The maximum atomic E-state index is 12.5. The first kappa shape index (κ1) is 41.0. The summed E-state index contributed by atoms with van der Waals surface area (Å²) in [4.78, 5) is 36.4. The third-order valence-corrected chi connectivity index (χ3v) is 6.76. The van der Waals surface area contributed by atoms with E-state index < -0.39 is 18.1 Å². The van der Waals surface area contributed by atoms with Gasteiger partial charge in [-0.25, -0.2) is 4.79 Å². The van der Waals surface area contributed by atoms with Gasteiger partial charge in [0.25, 0.3) is 0 Å². The van der Waals surface area contributed by atoms with Crippen LogP contribution in [-0.4, -0.2) is 80.6 Å². The molecule has 0 aliphatic heterocycles. The van der Waals surface area contributed by atoms with Gasteiger partial charge in [0.15, 0.2) is 12.1 Å². The lowest BCUT2D eigenvalue weighted by atomic mass is 10.1. The molecule has 1 N–H and O–H groups in total. The smallest absolute Gasteiger partial charge is 0.362 e. The summed E-state index contributed by atoms with van der Waals surface area (Å²) in [5.41, 5.74) is 0. The number of unbranched alkanes of at least 4 members (excludes halogenated alkanes) is 6. The zero-order valence-corrected chi connectivity index (χ0v) is 28.1. The Balaban J connectivity index is 4.62. The fourth-order valence-electron chi connectivity index (χ4n) is 4.17. The van der Waals surface area contributed by atoms with E-state index in [1.165, 1.54) is 12.8 Å². The predicted octanol–water partition coefficient (Wildman–Crippen LogP) is 7.51. The van der Waals surface area contributed by atoms with Gasteiger partial charge in [-0.3, -0.25) is 9.59 Å². The number of esters is 2. The van der Waals surface area contributed by atoms with Crippen LogP contribution in [0, 0.1) is 0 Å². The van der Waals surface area contributed by atoms with Gasteiger partial charge in [-0.1, -0.05) is 93.9 Å². The molecule has 0 bridgehead atoms. The van der Waals surface area contributed by atoms with E-state index in [2.05, 4.69) is 32.1 Å². The van der Waals surface area contributed by atoms with Crippen LogP contribution in [0.1, 0.15) is 97.3 Å². The molecular formula is C36H60NO7+. The summed E-state index contributed by atoms with van der Waals surface area (Å²) in [5.74, 6) is -1.61. The van der Waals surface area contributed by atoms with Gasteiger partial charge in [0.1, 0.15) is 6.61 Å². The number of allylic oxidation sites excluding steroid dienone is 10. The van der Waals surface area contributed by atoms with Crippen LogP contribution < -0.4 is 0 Å². The third-order valence-electron chi connectivity index (χ3n) is 6.76. The number of carbonyl (C=O) groups is 3.